The van der Waals surface area contributed by atoms with E-state index in [2.05, 4.69) is 25.4 Å². The largest absolute Gasteiger partial charge is 0.497 e. The van der Waals surface area contributed by atoms with E-state index in [1.165, 1.54) is 19.4 Å². The Balaban J connectivity index is 1.09. The Morgan fingerprint density at radius 1 is 1.04 bits per heavy atom. The van der Waals surface area contributed by atoms with Crippen LogP contribution in [0.25, 0.3) is 0 Å². The van der Waals surface area contributed by atoms with Crippen molar-refractivity contribution in [1.82, 2.24) is 24.7 Å². The van der Waals surface area contributed by atoms with Gasteiger partial charge in [-0.1, -0.05) is 12.1 Å². The van der Waals surface area contributed by atoms with Crippen molar-refractivity contribution in [2.75, 3.05) is 55.1 Å². The lowest BCUT2D eigenvalue weighted by atomic mass is 10.1. The van der Waals surface area contributed by atoms with Gasteiger partial charge in [-0.3, -0.25) is 4.79 Å². The Labute approximate surface area is 275 Å². The molecule has 0 spiro atoms. The van der Waals surface area contributed by atoms with Crippen molar-refractivity contribution in [2.45, 2.75) is 37.9 Å². The highest BCUT2D eigenvalue weighted by Crippen LogP contribution is 2.39. The lowest BCUT2D eigenvalue weighted by Crippen LogP contribution is -2.58. The van der Waals surface area contributed by atoms with Crippen LogP contribution in [0.1, 0.15) is 23.6 Å². The number of pyridine rings is 1. The molecule has 0 saturated carbocycles. The van der Waals surface area contributed by atoms with Gasteiger partial charge in [0.1, 0.15) is 24.5 Å². The molecule has 2 aliphatic heterocycles. The summed E-state index contributed by atoms with van der Waals surface area (Å²) in [6.07, 6.45) is -6.26. The molecule has 1 saturated heterocycles. The van der Waals surface area contributed by atoms with E-state index >= 15 is 0 Å². The van der Waals surface area contributed by atoms with Gasteiger partial charge in [-0.05, 0) is 30.7 Å². The predicted molar refractivity (Wildman–Crippen MR) is 164 cm³/mol. The Kier molecular flexibility index (Phi) is 9.13. The first-order valence-corrected chi connectivity index (χ1v) is 15.0. The standard InChI is InChI=1S/C31H30F6N8O4/c1-18(41-23-13-40-45(28(46)26(23)31(35,36)37)14-19-3-5-22(47-2)6-4-19)16-49-25-7-8-38-29(42-25)43-9-10-44-21(15-43)17-48-24-11-20(30(32,33)34)12-39-27(24)44/h3-8,11-13,18,21,41H,9-10,14-17H2,1-2H3/t18-,21-/m0/s1. The smallest absolute Gasteiger partial charge is 0.423 e. The molecule has 0 amide bonds. The Morgan fingerprint density at radius 2 is 1.82 bits per heavy atom. The SMILES string of the molecule is COc1ccc(Cn2ncc(N[C@@H](C)COc3ccnc(N4CCN5c6ncc(C(F)(F)F)cc6OC[C@@H]5C4)n3)c(C(F)(F)F)c2=O)cc1. The summed E-state index contributed by atoms with van der Waals surface area (Å²) in [5, 5.41) is 6.65. The maximum absolute atomic E-state index is 14.1. The molecule has 260 valence electrons. The normalized spacial score (nSPS) is 16.7. The summed E-state index contributed by atoms with van der Waals surface area (Å²) in [6, 6.07) is 8.03. The first-order valence-electron chi connectivity index (χ1n) is 15.0. The van der Waals surface area contributed by atoms with Gasteiger partial charge >= 0.3 is 12.4 Å². The minimum absolute atomic E-state index is 0.0711. The van der Waals surface area contributed by atoms with Crippen molar-refractivity contribution in [2.24, 2.45) is 0 Å². The van der Waals surface area contributed by atoms with Gasteiger partial charge in [-0.15, -0.1) is 0 Å². The topological polar surface area (TPSA) is 120 Å². The molecular weight excluding hydrogens is 662 g/mol. The number of ether oxygens (including phenoxy) is 3. The van der Waals surface area contributed by atoms with Gasteiger partial charge < -0.3 is 29.3 Å². The van der Waals surface area contributed by atoms with Gasteiger partial charge in [0.15, 0.2) is 11.6 Å². The number of nitrogens with one attached hydrogen (secondary N) is 1. The number of anilines is 3. The summed E-state index contributed by atoms with van der Waals surface area (Å²) in [7, 11) is 1.48. The fourth-order valence-corrected chi connectivity index (χ4v) is 5.53. The number of benzene rings is 1. The molecule has 1 aromatic carbocycles. The van der Waals surface area contributed by atoms with E-state index in [1.807, 2.05) is 9.80 Å². The molecule has 4 aromatic rings. The molecule has 1 N–H and O–H groups in total. The molecule has 49 heavy (non-hydrogen) atoms. The molecular formula is C31H30F6N8O4. The molecule has 0 aliphatic carbocycles. The van der Waals surface area contributed by atoms with Gasteiger partial charge in [0, 0.05) is 38.1 Å². The van der Waals surface area contributed by atoms with E-state index in [-0.39, 0.29) is 37.4 Å². The minimum Gasteiger partial charge on any atom is -0.497 e. The van der Waals surface area contributed by atoms with E-state index in [1.54, 1.807) is 31.2 Å². The number of methoxy groups -OCH3 is 1. The van der Waals surface area contributed by atoms with E-state index in [9.17, 15) is 31.1 Å². The molecule has 0 unspecified atom stereocenters. The second kappa shape index (κ2) is 13.3. The summed E-state index contributed by atoms with van der Waals surface area (Å²) in [4.78, 5) is 29.5. The van der Waals surface area contributed by atoms with E-state index in [4.69, 9.17) is 14.2 Å². The Morgan fingerprint density at radius 3 is 2.53 bits per heavy atom. The number of hydrogen-bond acceptors (Lipinski definition) is 11. The molecule has 2 atom stereocenters. The molecule has 3 aromatic heterocycles. The molecule has 5 heterocycles. The van der Waals surface area contributed by atoms with Gasteiger partial charge in [0.05, 0.1) is 43.2 Å². The number of alkyl halides is 6. The van der Waals surface area contributed by atoms with Crippen LogP contribution in [0.5, 0.6) is 17.4 Å². The summed E-state index contributed by atoms with van der Waals surface area (Å²) >= 11 is 0. The maximum Gasteiger partial charge on any atom is 0.423 e. The quantitative estimate of drug-likeness (QED) is 0.250. The average molecular weight is 693 g/mol. The summed E-state index contributed by atoms with van der Waals surface area (Å²) in [5.41, 5.74) is -3.48. The van der Waals surface area contributed by atoms with Crippen molar-refractivity contribution in [3.8, 4) is 17.4 Å². The zero-order valence-electron chi connectivity index (χ0n) is 26.1. The summed E-state index contributed by atoms with van der Waals surface area (Å²) in [6.45, 7) is 2.66. The third-order valence-corrected chi connectivity index (χ3v) is 7.95. The fourth-order valence-electron chi connectivity index (χ4n) is 5.53. The third kappa shape index (κ3) is 7.41. The van der Waals surface area contributed by atoms with Crippen LogP contribution in [0.15, 0.2) is 59.8 Å². The fraction of sp³-hybridized carbons (Fsp3) is 0.387. The number of piperazine rings is 1. The van der Waals surface area contributed by atoms with Gasteiger partial charge in [0.2, 0.25) is 11.8 Å². The first kappa shape index (κ1) is 33.6. The zero-order valence-corrected chi connectivity index (χ0v) is 26.1. The molecule has 12 nitrogen and oxygen atoms in total. The van der Waals surface area contributed by atoms with E-state index < -0.39 is 40.8 Å². The van der Waals surface area contributed by atoms with Gasteiger partial charge in [-0.25, -0.2) is 14.6 Å². The Bertz CT molecular complexity index is 1850. The molecule has 6 rings (SSSR count). The van der Waals surface area contributed by atoms with Crippen LogP contribution < -0.4 is 34.9 Å². The van der Waals surface area contributed by atoms with Crippen molar-refractivity contribution in [3.05, 3.63) is 82.0 Å². The van der Waals surface area contributed by atoms with Crippen molar-refractivity contribution < 1.29 is 40.6 Å². The molecule has 0 radical (unpaired) electrons. The Hall–Kier alpha value is -5.29. The highest BCUT2D eigenvalue weighted by atomic mass is 19.4. The molecule has 2 aliphatic rings. The first-order chi connectivity index (χ1) is 23.3. The number of fused-ring (bicyclic) bond motifs is 3. The second-order valence-electron chi connectivity index (χ2n) is 11.4. The van der Waals surface area contributed by atoms with Crippen LogP contribution in [0, 0.1) is 0 Å². The molecule has 1 fully saturated rings. The predicted octanol–water partition coefficient (Wildman–Crippen LogP) is 4.49. The number of aromatic nitrogens is 5. The van der Waals surface area contributed by atoms with Gasteiger partial charge in [-0.2, -0.15) is 36.4 Å². The van der Waals surface area contributed by atoms with Crippen LogP contribution in [0.4, 0.5) is 43.8 Å². The number of hydrogen-bond donors (Lipinski definition) is 1. The molecule has 18 heteroatoms. The average Bonchev–Trinajstić information content (AvgIpc) is 3.07. The highest BCUT2D eigenvalue weighted by Gasteiger charge is 2.39. The lowest BCUT2D eigenvalue weighted by Gasteiger charge is -2.44. The van der Waals surface area contributed by atoms with E-state index in [0.29, 0.717) is 42.7 Å². The highest BCUT2D eigenvalue weighted by molar-refractivity contribution is 5.58. The maximum atomic E-state index is 14.1. The van der Waals surface area contributed by atoms with Crippen molar-refractivity contribution >= 4 is 17.5 Å². The van der Waals surface area contributed by atoms with Crippen molar-refractivity contribution in [3.63, 3.8) is 0 Å². The zero-order chi connectivity index (χ0) is 34.9. The van der Waals surface area contributed by atoms with Gasteiger partial charge in [0.25, 0.3) is 5.56 Å². The monoisotopic (exact) mass is 692 g/mol. The second-order valence-corrected chi connectivity index (χ2v) is 11.4. The lowest BCUT2D eigenvalue weighted by molar-refractivity contribution is -0.139. The van der Waals surface area contributed by atoms with Crippen LogP contribution in [0.2, 0.25) is 0 Å². The summed E-state index contributed by atoms with van der Waals surface area (Å²) in [5.74, 6) is 1.46. The van der Waals surface area contributed by atoms with Crippen LogP contribution >= 0.6 is 0 Å². The number of halogens is 6. The van der Waals surface area contributed by atoms with Crippen LogP contribution in [-0.4, -0.2) is 76.8 Å². The van der Waals surface area contributed by atoms with Crippen LogP contribution in [-0.2, 0) is 18.9 Å². The number of nitrogens with zero attached hydrogens (tertiary/aromatic N) is 7. The third-order valence-electron chi connectivity index (χ3n) is 7.95. The van der Waals surface area contributed by atoms with Crippen LogP contribution in [0.3, 0.4) is 0 Å². The van der Waals surface area contributed by atoms with Crippen molar-refractivity contribution in [1.29, 1.82) is 0 Å². The number of rotatable bonds is 9. The van der Waals surface area contributed by atoms with E-state index in [0.717, 1.165) is 23.1 Å². The minimum atomic E-state index is -4.95. The molecule has 0 bridgehead atoms. The summed E-state index contributed by atoms with van der Waals surface area (Å²) < 4.78 is 98.8.